The van der Waals surface area contributed by atoms with Gasteiger partial charge in [0, 0.05) is 19.3 Å². The Balaban J connectivity index is 4.41. The molecule has 0 aromatic rings. The molecule has 1 atom stereocenters. The lowest BCUT2D eigenvalue weighted by molar-refractivity contribution is -0.167. The second-order valence-electron chi connectivity index (χ2n) is 16.1. The third-order valence-electron chi connectivity index (χ3n) is 10.3. The first-order valence-corrected chi connectivity index (χ1v) is 24.5. The van der Waals surface area contributed by atoms with Crippen molar-refractivity contribution in [2.45, 2.75) is 232 Å². The summed E-state index contributed by atoms with van der Waals surface area (Å²) in [4.78, 5) is 37.8. The Morgan fingerprint density at radius 3 is 1.10 bits per heavy atom. The van der Waals surface area contributed by atoms with E-state index in [1.54, 1.807) is 0 Å². The molecule has 0 aliphatic heterocycles. The molecule has 0 aromatic carbocycles. The van der Waals surface area contributed by atoms with Crippen molar-refractivity contribution < 1.29 is 28.6 Å². The summed E-state index contributed by atoms with van der Waals surface area (Å²) in [6.07, 6.45) is 58.9. The fraction of sp³-hybridized carbons (Fsp3) is 0.717. The van der Waals surface area contributed by atoms with Gasteiger partial charge in [-0.25, -0.2) is 0 Å². The average molecular weight is 823 g/mol. The van der Waals surface area contributed by atoms with Crippen LogP contribution in [0.1, 0.15) is 226 Å². The number of allylic oxidation sites excluding steroid dienone is 12. The van der Waals surface area contributed by atoms with Crippen molar-refractivity contribution in [2.75, 3.05) is 13.2 Å². The molecular formula is C53H90O6. The minimum Gasteiger partial charge on any atom is -0.462 e. The summed E-state index contributed by atoms with van der Waals surface area (Å²) in [7, 11) is 0. The molecule has 0 rings (SSSR count). The summed E-state index contributed by atoms with van der Waals surface area (Å²) < 4.78 is 16.7. The SMILES string of the molecule is CC\C=C/C=C\C=C/C=C\CCCCCC(=O)OC(COC(=O)CCCCC/C=C\C=C/CCCC)COC(=O)CCCCCCCCCCCCCCCCCCC. The molecular weight excluding hydrogens is 733 g/mol. The molecule has 0 bridgehead atoms. The molecule has 0 fully saturated rings. The van der Waals surface area contributed by atoms with Gasteiger partial charge in [0.05, 0.1) is 0 Å². The van der Waals surface area contributed by atoms with Gasteiger partial charge in [-0.3, -0.25) is 14.4 Å². The van der Waals surface area contributed by atoms with E-state index >= 15 is 0 Å². The molecule has 0 saturated carbocycles. The van der Waals surface area contributed by atoms with Gasteiger partial charge in [0.1, 0.15) is 13.2 Å². The van der Waals surface area contributed by atoms with E-state index in [9.17, 15) is 14.4 Å². The quantitative estimate of drug-likeness (QED) is 0.0264. The van der Waals surface area contributed by atoms with Crippen molar-refractivity contribution in [3.63, 3.8) is 0 Å². The molecule has 6 nitrogen and oxygen atoms in total. The maximum Gasteiger partial charge on any atom is 0.306 e. The highest BCUT2D eigenvalue weighted by Crippen LogP contribution is 2.15. The van der Waals surface area contributed by atoms with Crippen LogP contribution in [0.2, 0.25) is 0 Å². The Morgan fingerprint density at radius 1 is 0.356 bits per heavy atom. The fourth-order valence-electron chi connectivity index (χ4n) is 6.61. The van der Waals surface area contributed by atoms with Crippen molar-refractivity contribution in [2.24, 2.45) is 0 Å². The van der Waals surface area contributed by atoms with E-state index in [1.807, 2.05) is 36.5 Å². The first-order chi connectivity index (χ1) is 29.0. The summed E-state index contributed by atoms with van der Waals surface area (Å²) >= 11 is 0. The molecule has 0 radical (unpaired) electrons. The molecule has 59 heavy (non-hydrogen) atoms. The monoisotopic (exact) mass is 823 g/mol. The molecule has 0 heterocycles. The highest BCUT2D eigenvalue weighted by Gasteiger charge is 2.19. The zero-order valence-corrected chi connectivity index (χ0v) is 38.5. The Bertz CT molecular complexity index is 1130. The highest BCUT2D eigenvalue weighted by atomic mass is 16.6. The first-order valence-electron chi connectivity index (χ1n) is 24.5. The molecule has 0 aliphatic rings. The maximum absolute atomic E-state index is 12.7. The summed E-state index contributed by atoms with van der Waals surface area (Å²) in [5.74, 6) is -0.968. The Hall–Kier alpha value is -3.15. The Labute approximate surface area is 363 Å². The summed E-state index contributed by atoms with van der Waals surface area (Å²) in [5, 5.41) is 0. The van der Waals surface area contributed by atoms with Gasteiger partial charge < -0.3 is 14.2 Å². The topological polar surface area (TPSA) is 78.9 Å². The highest BCUT2D eigenvalue weighted by molar-refractivity contribution is 5.71. The number of hydrogen-bond donors (Lipinski definition) is 0. The molecule has 1 unspecified atom stereocenters. The smallest absolute Gasteiger partial charge is 0.306 e. The van der Waals surface area contributed by atoms with E-state index in [0.717, 1.165) is 77.0 Å². The fourth-order valence-corrected chi connectivity index (χ4v) is 6.61. The van der Waals surface area contributed by atoms with Crippen LogP contribution in [0.4, 0.5) is 0 Å². The minimum absolute atomic E-state index is 0.0988. The van der Waals surface area contributed by atoms with Gasteiger partial charge in [-0.05, 0) is 57.8 Å². The lowest BCUT2D eigenvalue weighted by Gasteiger charge is -2.18. The summed E-state index contributed by atoms with van der Waals surface area (Å²) in [6, 6.07) is 0. The number of carbonyl (C=O) groups is 3. The minimum atomic E-state index is -0.803. The molecule has 0 amide bonds. The number of rotatable bonds is 43. The zero-order chi connectivity index (χ0) is 43.0. The van der Waals surface area contributed by atoms with Crippen LogP contribution >= 0.6 is 0 Å². The van der Waals surface area contributed by atoms with Crippen molar-refractivity contribution >= 4 is 17.9 Å². The predicted molar refractivity (Wildman–Crippen MR) is 251 cm³/mol. The van der Waals surface area contributed by atoms with E-state index < -0.39 is 6.10 Å². The van der Waals surface area contributed by atoms with Gasteiger partial charge in [0.15, 0.2) is 6.10 Å². The zero-order valence-electron chi connectivity index (χ0n) is 38.5. The van der Waals surface area contributed by atoms with Crippen LogP contribution in [0.25, 0.3) is 0 Å². The van der Waals surface area contributed by atoms with E-state index in [1.165, 1.54) is 103 Å². The second-order valence-corrected chi connectivity index (χ2v) is 16.1. The van der Waals surface area contributed by atoms with Gasteiger partial charge in [-0.2, -0.15) is 0 Å². The standard InChI is InChI=1S/C53H90O6/c1-4-7-10-13-16-19-22-24-25-26-27-29-31-34-37-40-43-46-52(55)58-49-50(48-57-51(54)45-42-39-36-33-30-21-18-15-12-9-6-3)59-53(56)47-44-41-38-35-32-28-23-20-17-14-11-8-5-2/h8,11,14-15,17-18,20-21,23,28,30,32,50H,4-7,9-10,12-13,16,19,22,24-27,29,31,33-49H2,1-3H3/b11-8-,17-14-,18-15-,23-20-,30-21-,32-28-. The lowest BCUT2D eigenvalue weighted by Crippen LogP contribution is -2.30. The van der Waals surface area contributed by atoms with Crippen molar-refractivity contribution in [1.29, 1.82) is 0 Å². The van der Waals surface area contributed by atoms with Gasteiger partial charge in [0.25, 0.3) is 0 Å². The van der Waals surface area contributed by atoms with E-state index in [4.69, 9.17) is 14.2 Å². The van der Waals surface area contributed by atoms with Crippen LogP contribution in [0.15, 0.2) is 72.9 Å². The Morgan fingerprint density at radius 2 is 0.678 bits per heavy atom. The van der Waals surface area contributed by atoms with Crippen LogP contribution < -0.4 is 0 Å². The van der Waals surface area contributed by atoms with Gasteiger partial charge >= 0.3 is 17.9 Å². The Kier molecular flexibility index (Phi) is 45.0. The summed E-state index contributed by atoms with van der Waals surface area (Å²) in [6.45, 7) is 6.38. The predicted octanol–water partition coefficient (Wildman–Crippen LogP) is 15.9. The number of ether oxygens (including phenoxy) is 3. The molecule has 0 spiro atoms. The molecule has 6 heteroatoms. The van der Waals surface area contributed by atoms with Crippen molar-refractivity contribution in [3.05, 3.63) is 72.9 Å². The third-order valence-corrected chi connectivity index (χ3v) is 10.3. The number of hydrogen-bond acceptors (Lipinski definition) is 6. The van der Waals surface area contributed by atoms with Crippen LogP contribution in [-0.4, -0.2) is 37.2 Å². The van der Waals surface area contributed by atoms with Gasteiger partial charge in [-0.15, -0.1) is 0 Å². The average Bonchev–Trinajstić information content (AvgIpc) is 3.23. The lowest BCUT2D eigenvalue weighted by atomic mass is 10.0. The number of unbranched alkanes of at least 4 members (excludes halogenated alkanes) is 24. The van der Waals surface area contributed by atoms with E-state index in [2.05, 4.69) is 57.2 Å². The molecule has 338 valence electrons. The van der Waals surface area contributed by atoms with Crippen LogP contribution in [0.3, 0.4) is 0 Å². The third kappa shape index (κ3) is 45.8. The molecule has 0 aliphatic carbocycles. The van der Waals surface area contributed by atoms with Gasteiger partial charge in [0.2, 0.25) is 0 Å². The van der Waals surface area contributed by atoms with Crippen LogP contribution in [0.5, 0.6) is 0 Å². The normalized spacial score (nSPS) is 12.7. The van der Waals surface area contributed by atoms with E-state index in [0.29, 0.717) is 19.3 Å². The maximum atomic E-state index is 12.7. The first kappa shape index (κ1) is 55.9. The number of esters is 3. The largest absolute Gasteiger partial charge is 0.462 e. The summed E-state index contributed by atoms with van der Waals surface area (Å²) in [5.41, 5.74) is 0. The van der Waals surface area contributed by atoms with E-state index in [-0.39, 0.29) is 37.5 Å². The van der Waals surface area contributed by atoms with Crippen LogP contribution in [-0.2, 0) is 28.6 Å². The molecule has 0 N–H and O–H groups in total. The van der Waals surface area contributed by atoms with Crippen LogP contribution in [0, 0.1) is 0 Å². The number of carbonyl (C=O) groups excluding carboxylic acids is 3. The second kappa shape index (κ2) is 47.5. The molecule has 0 aromatic heterocycles. The van der Waals surface area contributed by atoms with Gasteiger partial charge in [-0.1, -0.05) is 222 Å². The van der Waals surface area contributed by atoms with Crippen molar-refractivity contribution in [1.82, 2.24) is 0 Å². The van der Waals surface area contributed by atoms with Crippen molar-refractivity contribution in [3.8, 4) is 0 Å². The molecule has 0 saturated heterocycles.